The fourth-order valence-corrected chi connectivity index (χ4v) is 10.4. The van der Waals surface area contributed by atoms with Crippen LogP contribution in [0.1, 0.15) is 96.2 Å². The van der Waals surface area contributed by atoms with Crippen molar-refractivity contribution in [1.82, 2.24) is 15.0 Å². The monoisotopic (exact) mass is 749 g/mol. The lowest BCUT2D eigenvalue weighted by atomic mass is 9.78. The van der Waals surface area contributed by atoms with E-state index in [9.17, 15) is 4.79 Å². The molecule has 0 radical (unpaired) electrons. The summed E-state index contributed by atoms with van der Waals surface area (Å²) in [5.74, 6) is 0.282. The first-order valence-corrected chi connectivity index (χ1v) is 20.6. The number of aryl methyl sites for hydroxylation is 4. The first kappa shape index (κ1) is 36.6. The van der Waals surface area contributed by atoms with Crippen LogP contribution in [-0.4, -0.2) is 20.8 Å². The average molecular weight is 750 g/mol. The van der Waals surface area contributed by atoms with E-state index >= 15 is 0 Å². The minimum atomic E-state index is -0.162. The molecule has 284 valence electrons. The summed E-state index contributed by atoms with van der Waals surface area (Å²) in [7, 11) is 2.13. The maximum absolute atomic E-state index is 13.9. The first-order valence-electron chi connectivity index (χ1n) is 20.6. The first-order chi connectivity index (χ1) is 27.7. The van der Waals surface area contributed by atoms with Crippen LogP contribution in [0.2, 0.25) is 0 Å². The van der Waals surface area contributed by atoms with Gasteiger partial charge in [-0.3, -0.25) is 4.79 Å². The zero-order valence-corrected chi connectivity index (χ0v) is 34.0. The molecule has 4 aromatic carbocycles. The Labute approximate surface area is 336 Å². The highest BCUT2D eigenvalue weighted by Crippen LogP contribution is 2.77. The van der Waals surface area contributed by atoms with Gasteiger partial charge in [-0.05, 0) is 103 Å². The van der Waals surface area contributed by atoms with Crippen molar-refractivity contribution in [3.63, 3.8) is 0 Å². The van der Waals surface area contributed by atoms with E-state index in [0.717, 1.165) is 60.2 Å². The number of unbranched alkanes of at least 4 members (excludes halogenated alkanes) is 1. The van der Waals surface area contributed by atoms with Crippen LogP contribution in [0.15, 0.2) is 134 Å². The lowest BCUT2D eigenvalue weighted by Crippen LogP contribution is -2.55. The molecule has 6 heteroatoms. The van der Waals surface area contributed by atoms with E-state index in [1.54, 1.807) is 0 Å². The van der Waals surface area contributed by atoms with Gasteiger partial charge in [0.15, 0.2) is 23.7 Å². The van der Waals surface area contributed by atoms with E-state index in [2.05, 4.69) is 158 Å². The van der Waals surface area contributed by atoms with Crippen molar-refractivity contribution in [2.24, 2.45) is 7.05 Å². The average Bonchev–Trinajstić information content (AvgIpc) is 3.64. The molecule has 0 N–H and O–H groups in total. The summed E-state index contributed by atoms with van der Waals surface area (Å²) < 4.78 is 6.73. The molecule has 1 aliphatic carbocycles. The van der Waals surface area contributed by atoms with Gasteiger partial charge in [-0.2, -0.15) is 4.57 Å². The highest BCUT2D eigenvalue weighted by atomic mass is 16.1. The second-order valence-electron chi connectivity index (χ2n) is 16.2. The molecule has 1 fully saturated rings. The van der Waals surface area contributed by atoms with Crippen molar-refractivity contribution in [1.29, 1.82) is 0 Å². The Morgan fingerprint density at radius 2 is 1.56 bits per heavy atom. The van der Waals surface area contributed by atoms with E-state index in [4.69, 9.17) is 0 Å². The van der Waals surface area contributed by atoms with E-state index < -0.39 is 0 Å². The topological polar surface area (TPSA) is 55.5 Å². The van der Waals surface area contributed by atoms with Crippen LogP contribution in [0.4, 0.5) is 0 Å². The summed E-state index contributed by atoms with van der Waals surface area (Å²) in [6, 6.07) is 41.4. The maximum atomic E-state index is 13.9. The molecule has 0 saturated heterocycles. The Balaban J connectivity index is 1.19. The molecular weight excluding hydrogens is 699 g/mol. The number of hydrogen-bond acceptors (Lipinski definition) is 3. The number of hydrogen-bond donors (Lipinski definition) is 0. The van der Waals surface area contributed by atoms with Gasteiger partial charge in [-0.25, -0.2) is 9.25 Å². The molecule has 0 spiro atoms. The van der Waals surface area contributed by atoms with Gasteiger partial charge in [0.25, 0.3) is 0 Å². The Hall–Kier alpha value is -6.01. The van der Waals surface area contributed by atoms with Crippen molar-refractivity contribution >= 4 is 5.78 Å². The third-order valence-electron chi connectivity index (χ3n) is 13.1. The highest BCUT2D eigenvalue weighted by Gasteiger charge is 2.85. The van der Waals surface area contributed by atoms with Crippen LogP contribution in [-0.2, 0) is 24.4 Å². The number of nitrogens with zero attached hydrogens (tertiary/aromatic N) is 5. The molecule has 9 rings (SSSR count). The number of rotatable bonds is 11. The lowest BCUT2D eigenvalue weighted by molar-refractivity contribution is -0.737. The molecule has 1 aliphatic heterocycles. The zero-order chi connectivity index (χ0) is 39.5. The quantitative estimate of drug-likeness (QED) is 0.0978. The number of pyridine rings is 2. The summed E-state index contributed by atoms with van der Waals surface area (Å²) in [5.41, 5.74) is 15.3. The minimum Gasteiger partial charge on any atom is -0.289 e. The molecule has 1 saturated carbocycles. The summed E-state index contributed by atoms with van der Waals surface area (Å²) in [6.07, 6.45) is 11.7. The Morgan fingerprint density at radius 1 is 0.754 bits per heavy atom. The van der Waals surface area contributed by atoms with Gasteiger partial charge >= 0.3 is 0 Å². The van der Waals surface area contributed by atoms with Crippen molar-refractivity contribution in [2.75, 3.05) is 0 Å². The lowest BCUT2D eigenvalue weighted by Gasteiger charge is -2.29. The van der Waals surface area contributed by atoms with Crippen molar-refractivity contribution < 1.29 is 13.9 Å². The third kappa shape index (κ3) is 5.71. The van der Waals surface area contributed by atoms with Crippen molar-refractivity contribution in [3.05, 3.63) is 173 Å². The summed E-state index contributed by atoms with van der Waals surface area (Å²) in [5, 5.41) is 8.75. The normalized spacial score (nSPS) is 19.1. The van der Waals surface area contributed by atoms with Crippen LogP contribution >= 0.6 is 0 Å². The SMILES string of the molecule is CCCCc1cccc(C(=O)c2cccc(-c3ccc4c(c3)-c3cc(C)cc[n+]3C3(CC)C(c5ccc(-n6cc(C)nn6)cc5-c5cccc[n+]5C)C43CC)c2)c1. The summed E-state index contributed by atoms with van der Waals surface area (Å²) in [6.45, 7) is 11.1. The van der Waals surface area contributed by atoms with E-state index in [-0.39, 0.29) is 22.7 Å². The van der Waals surface area contributed by atoms with Gasteiger partial charge in [0, 0.05) is 41.8 Å². The number of carbonyl (C=O) groups is 1. The number of ketones is 1. The number of carbonyl (C=O) groups excluding carboxylic acids is 1. The van der Waals surface area contributed by atoms with Crippen LogP contribution < -0.4 is 9.13 Å². The molecular formula is C51H51N5O+2. The third-order valence-corrected chi connectivity index (χ3v) is 13.1. The summed E-state index contributed by atoms with van der Waals surface area (Å²) in [4.78, 5) is 13.9. The number of benzene rings is 4. The number of fused-ring (bicyclic) bond motifs is 6. The molecule has 3 unspecified atom stereocenters. The molecule has 2 aliphatic rings. The van der Waals surface area contributed by atoms with E-state index in [1.165, 1.54) is 44.8 Å². The molecule has 0 amide bonds. The van der Waals surface area contributed by atoms with Crippen LogP contribution in [0, 0.1) is 13.8 Å². The van der Waals surface area contributed by atoms with Gasteiger partial charge in [0.1, 0.15) is 7.05 Å². The van der Waals surface area contributed by atoms with Gasteiger partial charge < -0.3 is 0 Å². The second-order valence-corrected chi connectivity index (χ2v) is 16.2. The van der Waals surface area contributed by atoms with Crippen molar-refractivity contribution in [3.8, 4) is 39.3 Å². The predicted octanol–water partition coefficient (Wildman–Crippen LogP) is 10.1. The molecule has 3 aromatic heterocycles. The van der Waals surface area contributed by atoms with Gasteiger partial charge in [-0.15, -0.1) is 5.10 Å². The fourth-order valence-electron chi connectivity index (χ4n) is 10.4. The minimum absolute atomic E-state index is 0.0655. The van der Waals surface area contributed by atoms with Gasteiger partial charge in [-0.1, -0.05) is 87.0 Å². The van der Waals surface area contributed by atoms with Crippen molar-refractivity contribution in [2.45, 2.75) is 83.6 Å². The number of aromatic nitrogens is 5. The summed E-state index contributed by atoms with van der Waals surface area (Å²) >= 11 is 0. The van der Waals surface area contributed by atoms with Gasteiger partial charge in [0.05, 0.1) is 40.0 Å². The zero-order valence-electron chi connectivity index (χ0n) is 34.0. The molecule has 57 heavy (non-hydrogen) atoms. The molecule has 4 heterocycles. The molecule has 6 nitrogen and oxygen atoms in total. The van der Waals surface area contributed by atoms with E-state index in [0.29, 0.717) is 5.56 Å². The molecule has 3 atom stereocenters. The standard InChI is InChI=1S/C51H51N5O/c1-7-10-15-36-16-13-18-39(29-36)48(57)40-19-14-17-37(30-40)38-21-24-45-44(31-38)47-28-34(4)25-27-55(47)51(9-3)49(50(45,51)8-2)42-23-22-41(56-33-35(5)52-53-56)32-43(42)46-20-11-12-26-54(46)6/h11-14,16-33,49H,7-10,15H2,1-6H3/q+2. The largest absolute Gasteiger partial charge is 0.289 e. The Kier molecular flexibility index (Phi) is 9.11. The Bertz CT molecular complexity index is 2690. The van der Waals surface area contributed by atoms with Crippen LogP contribution in [0.25, 0.3) is 39.3 Å². The maximum Gasteiger partial charge on any atom is 0.213 e. The van der Waals surface area contributed by atoms with Gasteiger partial charge in [0.2, 0.25) is 11.4 Å². The smallest absolute Gasteiger partial charge is 0.213 e. The fraction of sp³-hybridized carbons (Fsp3) is 0.275. The predicted molar refractivity (Wildman–Crippen MR) is 226 cm³/mol. The second kappa shape index (κ2) is 14.2. The molecule has 7 aromatic rings. The van der Waals surface area contributed by atoms with Crippen LogP contribution in [0.5, 0.6) is 0 Å². The van der Waals surface area contributed by atoms with E-state index in [1.807, 2.05) is 42.1 Å². The highest BCUT2D eigenvalue weighted by molar-refractivity contribution is 6.09. The van der Waals surface area contributed by atoms with Crippen LogP contribution in [0.3, 0.4) is 0 Å². The molecule has 0 bridgehead atoms. The Morgan fingerprint density at radius 3 is 2.32 bits per heavy atom.